The fourth-order valence-corrected chi connectivity index (χ4v) is 2.70. The Balaban J connectivity index is 3.38. The summed E-state index contributed by atoms with van der Waals surface area (Å²) in [7, 11) is -3.43. The molecule has 0 saturated carbocycles. The van der Waals surface area contributed by atoms with E-state index >= 15 is 0 Å². The number of alkyl halides is 3. The van der Waals surface area contributed by atoms with Crippen molar-refractivity contribution in [2.24, 2.45) is 0 Å². The third-order valence-corrected chi connectivity index (χ3v) is 4.34. The molecule has 21 heavy (non-hydrogen) atoms. The molecule has 1 N–H and O–H groups in total. The van der Waals surface area contributed by atoms with Gasteiger partial charge >= 0.3 is 12.1 Å². The van der Waals surface area contributed by atoms with Crippen LogP contribution >= 0.6 is 0 Å². The van der Waals surface area contributed by atoms with Gasteiger partial charge in [0.2, 0.25) is 10.0 Å². The normalized spacial score (nSPS) is 12.2. The number of nitrogens with zero attached hydrogens (tertiary/aromatic N) is 2. The van der Waals surface area contributed by atoms with Crippen molar-refractivity contribution in [3.63, 3.8) is 0 Å². The first-order valence-electron chi connectivity index (χ1n) is 5.29. The zero-order chi connectivity index (χ0) is 16.4. The number of hydrogen-bond acceptors (Lipinski definition) is 4. The Morgan fingerprint density at radius 1 is 1.43 bits per heavy atom. The number of benzene rings is 1. The Labute approximate surface area is 118 Å². The molecular formula is C11H9F3N2O4S. The standard InChI is InChI=1S/C11H9F3N2O4S/c1-16(6-10(17)18)21(19,20)9-3-2-8(11(12,13)14)4-7(9)5-15/h2-4H,6H2,1H3,(H,17,18). The number of hydrogen-bond donors (Lipinski definition) is 1. The molecule has 0 unspecified atom stereocenters. The Morgan fingerprint density at radius 3 is 2.43 bits per heavy atom. The van der Waals surface area contributed by atoms with Crippen molar-refractivity contribution < 1.29 is 31.5 Å². The van der Waals surface area contributed by atoms with E-state index in [0.717, 1.165) is 7.05 Å². The fraction of sp³-hybridized carbons (Fsp3) is 0.273. The molecule has 1 aromatic rings. The van der Waals surface area contributed by atoms with E-state index in [9.17, 15) is 26.4 Å². The summed E-state index contributed by atoms with van der Waals surface area (Å²) in [6.07, 6.45) is -4.72. The summed E-state index contributed by atoms with van der Waals surface area (Å²) in [5.74, 6) is -1.44. The number of nitriles is 1. The molecule has 0 radical (unpaired) electrons. The van der Waals surface area contributed by atoms with Gasteiger partial charge in [0.25, 0.3) is 0 Å². The van der Waals surface area contributed by atoms with Crippen molar-refractivity contribution >= 4 is 16.0 Å². The predicted molar refractivity (Wildman–Crippen MR) is 63.6 cm³/mol. The highest BCUT2D eigenvalue weighted by Gasteiger charge is 2.33. The van der Waals surface area contributed by atoms with Gasteiger partial charge in [0, 0.05) is 7.05 Å². The van der Waals surface area contributed by atoms with Gasteiger partial charge in [-0.05, 0) is 18.2 Å². The molecule has 10 heteroatoms. The molecule has 0 aliphatic carbocycles. The van der Waals surface area contributed by atoms with Crippen molar-refractivity contribution in [2.45, 2.75) is 11.1 Å². The van der Waals surface area contributed by atoms with E-state index in [1.807, 2.05) is 0 Å². The molecule has 0 aliphatic heterocycles. The van der Waals surface area contributed by atoms with Crippen LogP contribution in [0.25, 0.3) is 0 Å². The van der Waals surface area contributed by atoms with Crippen LogP contribution in [-0.2, 0) is 21.0 Å². The molecule has 0 spiro atoms. The van der Waals surface area contributed by atoms with E-state index in [-0.39, 0.29) is 0 Å². The summed E-state index contributed by atoms with van der Waals surface area (Å²) in [4.78, 5) is 9.83. The average molecular weight is 322 g/mol. The van der Waals surface area contributed by atoms with Crippen LogP contribution in [-0.4, -0.2) is 37.4 Å². The highest BCUT2D eigenvalue weighted by Crippen LogP contribution is 2.31. The lowest BCUT2D eigenvalue weighted by atomic mass is 10.1. The van der Waals surface area contributed by atoms with Crippen LogP contribution in [0, 0.1) is 11.3 Å². The van der Waals surface area contributed by atoms with Gasteiger partial charge in [-0.15, -0.1) is 0 Å². The minimum atomic E-state index is -4.72. The van der Waals surface area contributed by atoms with Crippen molar-refractivity contribution in [3.05, 3.63) is 29.3 Å². The topological polar surface area (TPSA) is 98.5 Å². The molecule has 1 aromatic carbocycles. The Morgan fingerprint density at radius 2 is 2.00 bits per heavy atom. The number of sulfonamides is 1. The molecule has 0 aliphatic rings. The van der Waals surface area contributed by atoms with E-state index in [1.165, 1.54) is 6.07 Å². The summed E-state index contributed by atoms with van der Waals surface area (Å²) >= 11 is 0. The zero-order valence-electron chi connectivity index (χ0n) is 10.5. The van der Waals surface area contributed by atoms with Crippen molar-refractivity contribution in [3.8, 4) is 6.07 Å². The van der Waals surface area contributed by atoms with Gasteiger partial charge in [-0.25, -0.2) is 8.42 Å². The Bertz CT molecular complexity index is 707. The SMILES string of the molecule is CN(CC(=O)O)S(=O)(=O)c1ccc(C(F)(F)F)cc1C#N. The van der Waals surface area contributed by atoms with Gasteiger partial charge in [0.1, 0.15) is 12.6 Å². The zero-order valence-corrected chi connectivity index (χ0v) is 11.4. The maximum absolute atomic E-state index is 12.5. The lowest BCUT2D eigenvalue weighted by Gasteiger charge is -2.16. The first kappa shape index (κ1) is 16.9. The second-order valence-electron chi connectivity index (χ2n) is 3.98. The Hall–Kier alpha value is -2.12. The van der Waals surface area contributed by atoms with Gasteiger partial charge in [-0.3, -0.25) is 4.79 Å². The largest absolute Gasteiger partial charge is 0.480 e. The third-order valence-electron chi connectivity index (χ3n) is 2.47. The van der Waals surface area contributed by atoms with Crippen LogP contribution in [0.4, 0.5) is 13.2 Å². The molecule has 0 amide bonds. The summed E-state index contributed by atoms with van der Waals surface area (Å²) in [6, 6.07) is 2.92. The van der Waals surface area contributed by atoms with E-state index in [2.05, 4.69) is 0 Å². The third kappa shape index (κ3) is 3.71. The van der Waals surface area contributed by atoms with E-state index < -0.39 is 44.7 Å². The quantitative estimate of drug-likeness (QED) is 0.900. The number of halogens is 3. The molecule has 0 saturated heterocycles. The first-order valence-corrected chi connectivity index (χ1v) is 6.73. The molecule has 1 rings (SSSR count). The van der Waals surface area contributed by atoms with Crippen LogP contribution in [0.2, 0.25) is 0 Å². The van der Waals surface area contributed by atoms with Crippen LogP contribution in [0.15, 0.2) is 23.1 Å². The lowest BCUT2D eigenvalue weighted by molar-refractivity contribution is -0.138. The number of rotatable bonds is 4. The fourth-order valence-electron chi connectivity index (χ4n) is 1.46. The van der Waals surface area contributed by atoms with Gasteiger partial charge in [-0.2, -0.15) is 22.7 Å². The summed E-state index contributed by atoms with van der Waals surface area (Å²) < 4.78 is 62.1. The highest BCUT2D eigenvalue weighted by atomic mass is 32.2. The second kappa shape index (κ2) is 5.71. The average Bonchev–Trinajstić information content (AvgIpc) is 2.35. The first-order chi connectivity index (χ1) is 9.50. The maximum Gasteiger partial charge on any atom is 0.416 e. The van der Waals surface area contributed by atoms with Crippen molar-refractivity contribution in [1.82, 2.24) is 4.31 Å². The van der Waals surface area contributed by atoms with Crippen LogP contribution < -0.4 is 0 Å². The number of carboxylic acid groups (broad SMARTS) is 1. The van der Waals surface area contributed by atoms with Gasteiger partial charge < -0.3 is 5.11 Å². The number of likely N-dealkylation sites (N-methyl/N-ethyl adjacent to an activating group) is 1. The predicted octanol–water partition coefficient (Wildman–Crippen LogP) is 1.28. The summed E-state index contributed by atoms with van der Waals surface area (Å²) in [5, 5.41) is 17.4. The van der Waals surface area contributed by atoms with E-state index in [4.69, 9.17) is 10.4 Å². The number of carbonyl (C=O) groups is 1. The molecule has 0 aromatic heterocycles. The van der Waals surface area contributed by atoms with Crippen molar-refractivity contribution in [1.29, 1.82) is 5.26 Å². The van der Waals surface area contributed by atoms with Gasteiger partial charge in [0.15, 0.2) is 0 Å². The molecule has 0 heterocycles. The summed E-state index contributed by atoms with van der Waals surface area (Å²) in [6.45, 7) is -0.881. The molecule has 6 nitrogen and oxygen atoms in total. The monoisotopic (exact) mass is 322 g/mol. The lowest BCUT2D eigenvalue weighted by Crippen LogP contribution is -2.32. The van der Waals surface area contributed by atoms with E-state index in [0.29, 0.717) is 22.5 Å². The minimum absolute atomic E-state index is 0.404. The van der Waals surface area contributed by atoms with Gasteiger partial charge in [0.05, 0.1) is 16.0 Å². The molecule has 0 bridgehead atoms. The van der Waals surface area contributed by atoms with Crippen LogP contribution in [0.1, 0.15) is 11.1 Å². The molecule has 0 atom stereocenters. The molecule has 0 fully saturated rings. The maximum atomic E-state index is 12.5. The summed E-state index contributed by atoms with van der Waals surface area (Å²) in [5.41, 5.74) is -1.87. The van der Waals surface area contributed by atoms with Crippen LogP contribution in [0.3, 0.4) is 0 Å². The minimum Gasteiger partial charge on any atom is -0.480 e. The smallest absolute Gasteiger partial charge is 0.416 e. The van der Waals surface area contributed by atoms with Crippen molar-refractivity contribution in [2.75, 3.05) is 13.6 Å². The Kier molecular flexibility index (Phi) is 4.60. The van der Waals surface area contributed by atoms with E-state index in [1.54, 1.807) is 0 Å². The van der Waals surface area contributed by atoms with Crippen LogP contribution in [0.5, 0.6) is 0 Å². The number of aliphatic carboxylic acids is 1. The molecule has 114 valence electrons. The van der Waals surface area contributed by atoms with Gasteiger partial charge in [-0.1, -0.05) is 0 Å². The highest BCUT2D eigenvalue weighted by molar-refractivity contribution is 7.89. The second-order valence-corrected chi connectivity index (χ2v) is 5.99. The number of carboxylic acids is 1. The molecular weight excluding hydrogens is 313 g/mol.